The summed E-state index contributed by atoms with van der Waals surface area (Å²) in [7, 11) is 0. The summed E-state index contributed by atoms with van der Waals surface area (Å²) in [4.78, 5) is 5.31. The number of benzene rings is 5. The lowest BCUT2D eigenvalue weighted by atomic mass is 9.81. The van der Waals surface area contributed by atoms with E-state index in [0.717, 1.165) is 55.6 Å². The largest absolute Gasteiger partial charge is 0.455 e. The molecule has 4 heteroatoms. The molecule has 0 aliphatic heterocycles. The van der Waals surface area contributed by atoms with Gasteiger partial charge in [-0.2, -0.15) is 0 Å². The number of nitrogens with zero attached hydrogens (tertiary/aromatic N) is 2. The van der Waals surface area contributed by atoms with Crippen LogP contribution in [0.1, 0.15) is 71.1 Å². The molecule has 226 valence electrons. The van der Waals surface area contributed by atoms with Crippen molar-refractivity contribution >= 4 is 33.0 Å². The molecule has 45 heavy (non-hydrogen) atoms. The molecule has 0 fully saturated rings. The molecule has 0 radical (unpaired) electrons. The highest BCUT2D eigenvalue weighted by atomic mass is 16.3. The highest BCUT2D eigenvalue weighted by molar-refractivity contribution is 6.09. The van der Waals surface area contributed by atoms with Gasteiger partial charge >= 0.3 is 0 Å². The third kappa shape index (κ3) is 4.94. The molecule has 2 aromatic heterocycles. The van der Waals surface area contributed by atoms with Crippen LogP contribution in [0, 0.1) is 0 Å². The highest BCUT2D eigenvalue weighted by Gasteiger charge is 2.27. The monoisotopic (exact) mass is 592 g/mol. The molecule has 0 unspecified atom stereocenters. The maximum absolute atomic E-state index is 10.7. The van der Waals surface area contributed by atoms with Gasteiger partial charge in [-0.3, -0.25) is 4.57 Å². The normalized spacial score (nSPS) is 12.6. The molecule has 0 aliphatic rings. The van der Waals surface area contributed by atoms with Crippen LogP contribution in [0.5, 0.6) is 0 Å². The number of para-hydroxylation sites is 3. The van der Waals surface area contributed by atoms with E-state index in [-0.39, 0.29) is 11.3 Å². The molecule has 7 aromatic rings. The number of hydrogen-bond acceptors (Lipinski definition) is 3. The molecular formula is C41H40N2O2. The molecule has 1 N–H and O–H groups in total. The summed E-state index contributed by atoms with van der Waals surface area (Å²) in [5, 5.41) is 12.7. The van der Waals surface area contributed by atoms with Crippen molar-refractivity contribution in [2.75, 3.05) is 0 Å². The zero-order valence-corrected chi connectivity index (χ0v) is 27.1. The summed E-state index contributed by atoms with van der Waals surface area (Å²) in [6, 6.07) is 36.2. The van der Waals surface area contributed by atoms with Crippen molar-refractivity contribution in [1.82, 2.24) is 9.55 Å². The van der Waals surface area contributed by atoms with Crippen molar-refractivity contribution in [3.8, 4) is 28.2 Å². The Morgan fingerprint density at radius 2 is 1.44 bits per heavy atom. The SMILES string of the molecule is CC(C)c1cc(C(C)(C)C)cc(-c2ccccc2)c1-n1c(-c2cccc3c2oc2cc(C(C)(C)O)ccc23)nc2ccccc21. The van der Waals surface area contributed by atoms with E-state index in [2.05, 4.69) is 124 Å². The van der Waals surface area contributed by atoms with Crippen LogP contribution in [-0.4, -0.2) is 14.7 Å². The van der Waals surface area contributed by atoms with Gasteiger partial charge in [0.2, 0.25) is 0 Å². The summed E-state index contributed by atoms with van der Waals surface area (Å²) in [5.74, 6) is 1.10. The first-order valence-electron chi connectivity index (χ1n) is 15.8. The van der Waals surface area contributed by atoms with E-state index in [9.17, 15) is 5.11 Å². The second-order valence-corrected chi connectivity index (χ2v) is 14.0. The van der Waals surface area contributed by atoms with Gasteiger partial charge in [-0.1, -0.05) is 107 Å². The number of aliphatic hydroxyl groups is 1. The molecule has 2 heterocycles. The van der Waals surface area contributed by atoms with Gasteiger partial charge in [0.05, 0.1) is 27.9 Å². The minimum absolute atomic E-state index is 0.0204. The van der Waals surface area contributed by atoms with Crippen LogP contribution in [0.25, 0.3) is 61.2 Å². The summed E-state index contributed by atoms with van der Waals surface area (Å²) in [6.07, 6.45) is 0. The molecule has 0 bridgehead atoms. The van der Waals surface area contributed by atoms with Gasteiger partial charge in [0, 0.05) is 16.3 Å². The van der Waals surface area contributed by atoms with Crippen molar-refractivity contribution in [2.45, 2.75) is 65.4 Å². The number of hydrogen-bond donors (Lipinski definition) is 1. The second kappa shape index (κ2) is 10.5. The average molecular weight is 593 g/mol. The van der Waals surface area contributed by atoms with Crippen LogP contribution in [-0.2, 0) is 11.0 Å². The zero-order valence-electron chi connectivity index (χ0n) is 27.1. The molecule has 0 aliphatic carbocycles. The molecule has 4 nitrogen and oxygen atoms in total. The van der Waals surface area contributed by atoms with Crippen molar-refractivity contribution in [3.63, 3.8) is 0 Å². The predicted molar refractivity (Wildman–Crippen MR) is 187 cm³/mol. The van der Waals surface area contributed by atoms with Crippen molar-refractivity contribution in [1.29, 1.82) is 0 Å². The average Bonchev–Trinajstić information content (AvgIpc) is 3.58. The van der Waals surface area contributed by atoms with Crippen LogP contribution < -0.4 is 0 Å². The number of fused-ring (bicyclic) bond motifs is 4. The molecule has 0 saturated carbocycles. The minimum atomic E-state index is -0.968. The van der Waals surface area contributed by atoms with Crippen LogP contribution in [0.4, 0.5) is 0 Å². The number of rotatable bonds is 5. The second-order valence-electron chi connectivity index (χ2n) is 14.0. The number of imidazole rings is 1. The van der Waals surface area contributed by atoms with Gasteiger partial charge in [0.25, 0.3) is 0 Å². The Morgan fingerprint density at radius 1 is 0.711 bits per heavy atom. The van der Waals surface area contributed by atoms with E-state index in [1.165, 1.54) is 22.3 Å². The zero-order chi connectivity index (χ0) is 31.7. The van der Waals surface area contributed by atoms with Gasteiger partial charge in [-0.15, -0.1) is 0 Å². The highest BCUT2D eigenvalue weighted by Crippen LogP contribution is 2.44. The maximum atomic E-state index is 10.7. The van der Waals surface area contributed by atoms with E-state index in [0.29, 0.717) is 0 Å². The van der Waals surface area contributed by atoms with Gasteiger partial charge in [0.15, 0.2) is 0 Å². The Hall–Kier alpha value is -4.67. The first kappa shape index (κ1) is 29.1. The molecular weight excluding hydrogens is 552 g/mol. The van der Waals surface area contributed by atoms with Crippen LogP contribution in [0.15, 0.2) is 108 Å². The fraction of sp³-hybridized carbons (Fsp3) is 0.244. The maximum Gasteiger partial charge on any atom is 0.149 e. The Morgan fingerprint density at radius 3 is 2.16 bits per heavy atom. The lowest BCUT2D eigenvalue weighted by Crippen LogP contribution is -2.14. The third-order valence-electron chi connectivity index (χ3n) is 8.94. The smallest absolute Gasteiger partial charge is 0.149 e. The Bertz CT molecular complexity index is 2200. The first-order valence-corrected chi connectivity index (χ1v) is 15.8. The summed E-state index contributed by atoms with van der Waals surface area (Å²) < 4.78 is 9.00. The number of furan rings is 1. The summed E-state index contributed by atoms with van der Waals surface area (Å²) in [5.41, 5.74) is 10.4. The lowest BCUT2D eigenvalue weighted by molar-refractivity contribution is 0.0786. The molecule has 0 spiro atoms. The molecule has 7 rings (SSSR count). The van der Waals surface area contributed by atoms with Crippen molar-refractivity contribution < 1.29 is 9.52 Å². The predicted octanol–water partition coefficient (Wildman–Crippen LogP) is 10.9. The van der Waals surface area contributed by atoms with Gasteiger partial charge in [-0.05, 0) is 77.8 Å². The first-order chi connectivity index (χ1) is 21.4. The Kier molecular flexibility index (Phi) is 6.75. The van der Waals surface area contributed by atoms with Crippen molar-refractivity contribution in [2.24, 2.45) is 0 Å². The van der Waals surface area contributed by atoms with E-state index in [4.69, 9.17) is 9.40 Å². The van der Waals surface area contributed by atoms with Crippen molar-refractivity contribution in [3.05, 3.63) is 120 Å². The van der Waals surface area contributed by atoms with E-state index >= 15 is 0 Å². The Labute approximate surface area is 265 Å². The number of aromatic nitrogens is 2. The fourth-order valence-electron chi connectivity index (χ4n) is 6.41. The Balaban J connectivity index is 1.60. The van der Waals surface area contributed by atoms with Gasteiger partial charge < -0.3 is 9.52 Å². The van der Waals surface area contributed by atoms with E-state index in [1.807, 2.05) is 18.2 Å². The summed E-state index contributed by atoms with van der Waals surface area (Å²) >= 11 is 0. The van der Waals surface area contributed by atoms with E-state index < -0.39 is 5.60 Å². The van der Waals surface area contributed by atoms with Gasteiger partial charge in [-0.25, -0.2) is 4.98 Å². The molecule has 0 saturated heterocycles. The fourth-order valence-corrected chi connectivity index (χ4v) is 6.41. The quantitative estimate of drug-likeness (QED) is 0.216. The topological polar surface area (TPSA) is 51.2 Å². The third-order valence-corrected chi connectivity index (χ3v) is 8.94. The lowest BCUT2D eigenvalue weighted by Gasteiger charge is -2.27. The van der Waals surface area contributed by atoms with Crippen LogP contribution in [0.3, 0.4) is 0 Å². The molecule has 5 aromatic carbocycles. The molecule has 0 atom stereocenters. The summed E-state index contributed by atoms with van der Waals surface area (Å²) in [6.45, 7) is 15.0. The van der Waals surface area contributed by atoms with Crippen LogP contribution in [0.2, 0.25) is 0 Å². The molecule has 0 amide bonds. The van der Waals surface area contributed by atoms with E-state index in [1.54, 1.807) is 13.8 Å². The van der Waals surface area contributed by atoms with Gasteiger partial charge in [0.1, 0.15) is 17.0 Å². The standard InChI is InChI=1S/C41H40N2O2/c1-25(2)32-22-28(40(3,4)5)23-33(26-14-9-8-10-15-26)37(32)43-35-19-12-11-18-34(35)42-39(43)31-17-13-16-30-29-21-20-27(41(6,7)44)24-36(29)45-38(30)31/h8-25,44H,1-7H3. The van der Waals surface area contributed by atoms with Crippen LogP contribution >= 0.6 is 0 Å². The minimum Gasteiger partial charge on any atom is -0.455 e.